The molecule has 0 aliphatic carbocycles. The van der Waals surface area contributed by atoms with E-state index in [4.69, 9.17) is 9.47 Å². The van der Waals surface area contributed by atoms with Crippen molar-refractivity contribution < 1.29 is 22.6 Å². The predicted molar refractivity (Wildman–Crippen MR) is 77.6 cm³/mol. The summed E-state index contributed by atoms with van der Waals surface area (Å²) in [6.07, 6.45) is -3.47. The number of benzene rings is 2. The molecule has 6 heteroatoms. The van der Waals surface area contributed by atoms with Crippen molar-refractivity contribution >= 4 is 0 Å². The first kappa shape index (κ1) is 14.4. The largest absolute Gasteiger partial charge is 0.454 e. The van der Waals surface area contributed by atoms with Crippen LogP contribution in [-0.2, 0) is 12.6 Å². The van der Waals surface area contributed by atoms with Crippen molar-refractivity contribution in [3.05, 3.63) is 58.7 Å². The van der Waals surface area contributed by atoms with E-state index in [9.17, 15) is 13.2 Å². The van der Waals surface area contributed by atoms with Gasteiger partial charge in [-0.3, -0.25) is 0 Å². The zero-order valence-corrected chi connectivity index (χ0v) is 12.1. The molecule has 2 aliphatic rings. The lowest BCUT2D eigenvalue weighted by Gasteiger charge is -2.28. The van der Waals surface area contributed by atoms with Gasteiger partial charge >= 0.3 is 6.18 Å². The van der Waals surface area contributed by atoms with Gasteiger partial charge < -0.3 is 14.8 Å². The number of nitrogens with one attached hydrogen (secondary N) is 1. The Morgan fingerprint density at radius 1 is 1.00 bits per heavy atom. The highest BCUT2D eigenvalue weighted by molar-refractivity contribution is 5.52. The Bertz CT molecular complexity index is 741. The molecule has 0 bridgehead atoms. The second-order valence-corrected chi connectivity index (χ2v) is 5.66. The number of alkyl halides is 3. The van der Waals surface area contributed by atoms with Crippen LogP contribution in [0.4, 0.5) is 13.2 Å². The molecule has 2 heterocycles. The first-order valence-electron chi connectivity index (χ1n) is 7.35. The molecule has 0 saturated carbocycles. The molecule has 120 valence electrons. The highest BCUT2D eigenvalue weighted by Crippen LogP contribution is 2.40. The fourth-order valence-electron chi connectivity index (χ4n) is 3.11. The monoisotopic (exact) mass is 321 g/mol. The summed E-state index contributed by atoms with van der Waals surface area (Å²) in [6, 6.07) is 9.05. The quantitative estimate of drug-likeness (QED) is 0.869. The summed E-state index contributed by atoms with van der Waals surface area (Å²) in [7, 11) is 0. The molecule has 0 radical (unpaired) electrons. The van der Waals surface area contributed by atoms with Crippen LogP contribution in [0.2, 0.25) is 0 Å². The third-order valence-electron chi connectivity index (χ3n) is 4.26. The summed E-state index contributed by atoms with van der Waals surface area (Å²) in [6.45, 7) is 0.967. The Morgan fingerprint density at radius 2 is 1.70 bits per heavy atom. The van der Waals surface area contributed by atoms with Gasteiger partial charge in [-0.15, -0.1) is 0 Å². The standard InChI is InChI=1S/C17H14F3NO2/c18-17(19,20)12-3-1-10(2-4-12)16-13-8-15-14(22-9-23-15)7-11(13)5-6-21-16/h1-4,7-8,16,21H,5-6,9H2. The normalized spacial score (nSPS) is 19.5. The zero-order chi connectivity index (χ0) is 16.0. The second kappa shape index (κ2) is 5.16. The third-order valence-corrected chi connectivity index (χ3v) is 4.26. The molecule has 23 heavy (non-hydrogen) atoms. The van der Waals surface area contributed by atoms with E-state index in [1.165, 1.54) is 12.1 Å². The van der Waals surface area contributed by atoms with Gasteiger partial charge in [-0.25, -0.2) is 0 Å². The van der Waals surface area contributed by atoms with E-state index in [-0.39, 0.29) is 12.8 Å². The molecule has 2 aromatic rings. The predicted octanol–water partition coefficient (Wildman–Crippen LogP) is 3.67. The molecule has 2 aliphatic heterocycles. The van der Waals surface area contributed by atoms with Gasteiger partial charge in [0.15, 0.2) is 11.5 Å². The first-order valence-corrected chi connectivity index (χ1v) is 7.35. The maximum atomic E-state index is 12.7. The van der Waals surface area contributed by atoms with E-state index < -0.39 is 11.7 Å². The Labute approximate surface area is 131 Å². The topological polar surface area (TPSA) is 30.5 Å². The Kier molecular flexibility index (Phi) is 3.23. The lowest BCUT2D eigenvalue weighted by atomic mass is 9.89. The number of hydrogen-bond acceptors (Lipinski definition) is 3. The first-order chi connectivity index (χ1) is 11.0. The molecule has 1 unspecified atom stereocenters. The van der Waals surface area contributed by atoms with Crippen molar-refractivity contribution in [2.75, 3.05) is 13.3 Å². The fraction of sp³-hybridized carbons (Fsp3) is 0.294. The van der Waals surface area contributed by atoms with Crippen molar-refractivity contribution in [2.24, 2.45) is 0 Å². The minimum Gasteiger partial charge on any atom is -0.454 e. The van der Waals surface area contributed by atoms with Crippen LogP contribution in [0.15, 0.2) is 36.4 Å². The molecule has 0 amide bonds. The van der Waals surface area contributed by atoms with E-state index in [2.05, 4.69) is 5.32 Å². The average Bonchev–Trinajstić information content (AvgIpc) is 2.98. The molecule has 0 spiro atoms. The summed E-state index contributed by atoms with van der Waals surface area (Å²) >= 11 is 0. The van der Waals surface area contributed by atoms with Crippen LogP contribution in [0.25, 0.3) is 0 Å². The van der Waals surface area contributed by atoms with Gasteiger partial charge in [0.1, 0.15) is 0 Å². The molecular formula is C17H14F3NO2. The summed E-state index contributed by atoms with van der Waals surface area (Å²) < 4.78 is 48.9. The molecule has 2 aromatic carbocycles. The van der Waals surface area contributed by atoms with Gasteiger partial charge in [0.05, 0.1) is 11.6 Å². The van der Waals surface area contributed by atoms with Gasteiger partial charge in [0, 0.05) is 6.54 Å². The number of halogens is 3. The third kappa shape index (κ3) is 2.53. The lowest BCUT2D eigenvalue weighted by molar-refractivity contribution is -0.137. The number of fused-ring (bicyclic) bond motifs is 2. The highest BCUT2D eigenvalue weighted by Gasteiger charge is 2.31. The van der Waals surface area contributed by atoms with E-state index >= 15 is 0 Å². The minimum atomic E-state index is -4.32. The molecule has 0 aromatic heterocycles. The number of ether oxygens (including phenoxy) is 2. The Balaban J connectivity index is 1.71. The zero-order valence-electron chi connectivity index (χ0n) is 12.1. The lowest BCUT2D eigenvalue weighted by Crippen LogP contribution is -2.30. The fourth-order valence-corrected chi connectivity index (χ4v) is 3.11. The molecule has 4 rings (SSSR count). The van der Waals surface area contributed by atoms with E-state index in [0.29, 0.717) is 5.75 Å². The maximum absolute atomic E-state index is 12.7. The van der Waals surface area contributed by atoms with E-state index in [1.807, 2.05) is 12.1 Å². The van der Waals surface area contributed by atoms with Gasteiger partial charge in [-0.1, -0.05) is 12.1 Å². The van der Waals surface area contributed by atoms with Crippen LogP contribution < -0.4 is 14.8 Å². The van der Waals surface area contributed by atoms with Gasteiger partial charge in [0.2, 0.25) is 6.79 Å². The summed E-state index contributed by atoms with van der Waals surface area (Å²) in [4.78, 5) is 0. The van der Waals surface area contributed by atoms with Crippen LogP contribution in [0, 0.1) is 0 Å². The van der Waals surface area contributed by atoms with Crippen LogP contribution in [0.5, 0.6) is 11.5 Å². The second-order valence-electron chi connectivity index (χ2n) is 5.66. The average molecular weight is 321 g/mol. The van der Waals surface area contributed by atoms with Gasteiger partial charge in [-0.2, -0.15) is 13.2 Å². The van der Waals surface area contributed by atoms with Gasteiger partial charge in [0.25, 0.3) is 0 Å². The van der Waals surface area contributed by atoms with E-state index in [0.717, 1.165) is 47.5 Å². The summed E-state index contributed by atoms with van der Waals surface area (Å²) in [5, 5.41) is 3.36. The smallest absolute Gasteiger partial charge is 0.416 e. The molecule has 0 fully saturated rings. The highest BCUT2D eigenvalue weighted by atomic mass is 19.4. The van der Waals surface area contributed by atoms with Crippen LogP contribution in [-0.4, -0.2) is 13.3 Å². The molecule has 1 N–H and O–H groups in total. The van der Waals surface area contributed by atoms with E-state index in [1.54, 1.807) is 0 Å². The minimum absolute atomic E-state index is 0.143. The molecular weight excluding hydrogens is 307 g/mol. The van der Waals surface area contributed by atoms with Crippen LogP contribution in [0.3, 0.4) is 0 Å². The van der Waals surface area contributed by atoms with Crippen molar-refractivity contribution in [3.8, 4) is 11.5 Å². The Hall–Kier alpha value is -2.21. The SMILES string of the molecule is FC(F)(F)c1ccc(C2NCCc3cc4c(cc32)OCO4)cc1. The molecule has 3 nitrogen and oxygen atoms in total. The van der Waals surface area contributed by atoms with Crippen molar-refractivity contribution in [2.45, 2.75) is 18.6 Å². The summed E-state index contributed by atoms with van der Waals surface area (Å²) in [5.41, 5.74) is 2.33. The molecule has 0 saturated heterocycles. The van der Waals surface area contributed by atoms with Crippen LogP contribution in [0.1, 0.15) is 28.3 Å². The van der Waals surface area contributed by atoms with Crippen molar-refractivity contribution in [1.29, 1.82) is 0 Å². The van der Waals surface area contributed by atoms with Crippen molar-refractivity contribution in [1.82, 2.24) is 5.32 Å². The van der Waals surface area contributed by atoms with Gasteiger partial charge in [-0.05, 0) is 47.4 Å². The number of rotatable bonds is 1. The maximum Gasteiger partial charge on any atom is 0.416 e. The Morgan fingerprint density at radius 3 is 2.39 bits per heavy atom. The van der Waals surface area contributed by atoms with Crippen molar-refractivity contribution in [3.63, 3.8) is 0 Å². The number of hydrogen-bond donors (Lipinski definition) is 1. The summed E-state index contributed by atoms with van der Waals surface area (Å²) in [5.74, 6) is 1.42. The molecule has 1 atom stereocenters. The van der Waals surface area contributed by atoms with Crippen LogP contribution >= 0.6 is 0 Å².